The molecule has 0 spiro atoms. The summed E-state index contributed by atoms with van der Waals surface area (Å²) in [6.07, 6.45) is 0.444. The van der Waals surface area contributed by atoms with Crippen LogP contribution in [0.2, 0.25) is 0 Å². The van der Waals surface area contributed by atoms with Gasteiger partial charge in [0.25, 0.3) is 0 Å². The maximum atomic E-state index is 14.7. The Morgan fingerprint density at radius 1 is 1.20 bits per heavy atom. The van der Waals surface area contributed by atoms with Gasteiger partial charge in [-0.05, 0) is 40.8 Å². The molecule has 0 saturated carbocycles. The van der Waals surface area contributed by atoms with Crippen molar-refractivity contribution in [1.29, 1.82) is 0 Å². The topological polar surface area (TPSA) is 86.7 Å². The van der Waals surface area contributed by atoms with Crippen molar-refractivity contribution in [2.24, 2.45) is 0 Å². The number of hydrogen-bond acceptors (Lipinski definition) is 5. The van der Waals surface area contributed by atoms with Gasteiger partial charge >= 0.3 is 0 Å². The summed E-state index contributed by atoms with van der Waals surface area (Å²) in [6.45, 7) is 3.74. The lowest BCUT2D eigenvalue weighted by atomic mass is 9.88. The van der Waals surface area contributed by atoms with E-state index in [4.69, 9.17) is 4.74 Å². The van der Waals surface area contributed by atoms with Gasteiger partial charge in [0.1, 0.15) is 11.6 Å². The van der Waals surface area contributed by atoms with Crippen molar-refractivity contribution < 1.29 is 33.3 Å². The minimum Gasteiger partial charge on any atom is -0.550 e. The van der Waals surface area contributed by atoms with Crippen LogP contribution >= 0.6 is 0 Å². The quantitative estimate of drug-likeness (QED) is 0.633. The van der Waals surface area contributed by atoms with E-state index >= 15 is 0 Å². The molecule has 0 radical (unpaired) electrons. The lowest BCUT2D eigenvalue weighted by molar-refractivity contribution is -0.304. The van der Waals surface area contributed by atoms with Gasteiger partial charge in [-0.15, -0.1) is 0 Å². The number of ether oxygens (including phenoxy) is 1. The van der Waals surface area contributed by atoms with E-state index in [-0.39, 0.29) is 11.7 Å². The average molecular weight is 417 g/mol. The van der Waals surface area contributed by atoms with Gasteiger partial charge in [-0.2, -0.15) is 0 Å². The Morgan fingerprint density at radius 2 is 1.83 bits per heavy atom. The summed E-state index contributed by atoms with van der Waals surface area (Å²) < 4.78 is 33.4. The molecule has 2 rings (SSSR count). The molecule has 30 heavy (non-hydrogen) atoms. The zero-order valence-corrected chi connectivity index (χ0v) is 16.9. The Morgan fingerprint density at radius 3 is 2.37 bits per heavy atom. The van der Waals surface area contributed by atoms with Crippen molar-refractivity contribution in [3.8, 4) is 16.9 Å². The Bertz CT molecular complexity index is 949. The standard InChI is InChI=1S/C23H24F2O5/c1-13(2)19-12-20(25)23(30-3)22(14-4-6-15(24)7-5-14)18(19)9-8-16(26)10-17(27)11-21(28)29/h4-9,12-13,16,26H,10-11H2,1-3H3,(H,28,29)/p-1/b9-8+. The SMILES string of the molecule is COc1c(F)cc(C(C)C)c(/C=C/C(O)CC(=O)CC(=O)[O-])c1-c1ccc(F)cc1. The molecule has 2 aromatic rings. The number of halogens is 2. The molecule has 5 nitrogen and oxygen atoms in total. The second kappa shape index (κ2) is 10.1. The maximum absolute atomic E-state index is 14.7. The highest BCUT2D eigenvalue weighted by molar-refractivity contribution is 5.94. The Hall–Kier alpha value is -3.06. The number of benzene rings is 2. The van der Waals surface area contributed by atoms with Gasteiger partial charge in [0.2, 0.25) is 0 Å². The molecule has 0 fully saturated rings. The number of aliphatic hydroxyl groups excluding tert-OH is 1. The lowest BCUT2D eigenvalue weighted by Crippen LogP contribution is -2.26. The third kappa shape index (κ3) is 5.73. The number of carboxylic acids is 1. The van der Waals surface area contributed by atoms with Gasteiger partial charge in [-0.25, -0.2) is 8.78 Å². The number of hydrogen-bond donors (Lipinski definition) is 1. The second-order valence-electron chi connectivity index (χ2n) is 7.15. The molecule has 0 aliphatic heterocycles. The fourth-order valence-electron chi connectivity index (χ4n) is 3.17. The fraction of sp³-hybridized carbons (Fsp3) is 0.304. The molecule has 0 amide bonds. The van der Waals surface area contributed by atoms with Crippen LogP contribution in [0, 0.1) is 11.6 Å². The summed E-state index contributed by atoms with van der Waals surface area (Å²) in [5.74, 6) is -3.35. The smallest absolute Gasteiger partial charge is 0.166 e. The van der Waals surface area contributed by atoms with Gasteiger partial charge < -0.3 is 19.7 Å². The van der Waals surface area contributed by atoms with E-state index < -0.39 is 42.3 Å². The van der Waals surface area contributed by atoms with E-state index in [9.17, 15) is 28.6 Å². The molecule has 0 heterocycles. The van der Waals surface area contributed by atoms with Crippen LogP contribution in [0.4, 0.5) is 8.78 Å². The molecule has 1 N–H and O–H groups in total. The minimum atomic E-state index is -1.51. The highest BCUT2D eigenvalue weighted by atomic mass is 19.1. The zero-order chi connectivity index (χ0) is 22.4. The summed E-state index contributed by atoms with van der Waals surface area (Å²) in [5.41, 5.74) is 2.06. The third-order valence-electron chi connectivity index (χ3n) is 4.53. The van der Waals surface area contributed by atoms with Crippen LogP contribution in [0.1, 0.15) is 43.7 Å². The van der Waals surface area contributed by atoms with Gasteiger partial charge in [0, 0.05) is 24.4 Å². The Kier molecular flexibility index (Phi) is 7.83. The second-order valence-corrected chi connectivity index (χ2v) is 7.15. The normalized spacial score (nSPS) is 12.4. The molecule has 0 aliphatic rings. The first kappa shape index (κ1) is 23.2. The van der Waals surface area contributed by atoms with Crippen molar-refractivity contribution in [3.05, 3.63) is 59.2 Å². The van der Waals surface area contributed by atoms with Crippen molar-refractivity contribution in [3.63, 3.8) is 0 Å². The van der Waals surface area contributed by atoms with Gasteiger partial charge in [-0.1, -0.05) is 38.1 Å². The minimum absolute atomic E-state index is 0.0341. The first-order chi connectivity index (χ1) is 14.1. The predicted octanol–water partition coefficient (Wildman–Crippen LogP) is 3.24. The predicted molar refractivity (Wildman–Crippen MR) is 107 cm³/mol. The first-order valence-corrected chi connectivity index (χ1v) is 9.38. The van der Waals surface area contributed by atoms with Crippen LogP contribution < -0.4 is 9.84 Å². The van der Waals surface area contributed by atoms with Gasteiger partial charge in [0.05, 0.1) is 13.2 Å². The molecule has 160 valence electrons. The van der Waals surface area contributed by atoms with E-state index in [1.54, 1.807) is 0 Å². The number of Topliss-reactive ketones (excluding diaryl/α,β-unsaturated/α-hetero) is 1. The van der Waals surface area contributed by atoms with Crippen LogP contribution in [-0.2, 0) is 9.59 Å². The van der Waals surface area contributed by atoms with Gasteiger partial charge in [0.15, 0.2) is 11.6 Å². The molecule has 1 atom stereocenters. The first-order valence-electron chi connectivity index (χ1n) is 9.38. The van der Waals surface area contributed by atoms with E-state index in [1.165, 1.54) is 49.6 Å². The summed E-state index contributed by atoms with van der Waals surface area (Å²) >= 11 is 0. The van der Waals surface area contributed by atoms with Gasteiger partial charge in [-0.3, -0.25) is 4.79 Å². The number of carbonyl (C=O) groups excluding carboxylic acids is 2. The van der Waals surface area contributed by atoms with Crippen LogP contribution in [-0.4, -0.2) is 30.1 Å². The van der Waals surface area contributed by atoms with Crippen molar-refractivity contribution >= 4 is 17.8 Å². The molecule has 1 unspecified atom stereocenters. The number of aliphatic carboxylic acids is 1. The molecule has 0 saturated heterocycles. The molecular weight excluding hydrogens is 394 g/mol. The van der Waals surface area contributed by atoms with E-state index in [0.717, 1.165) is 0 Å². The summed E-state index contributed by atoms with van der Waals surface area (Å²) in [7, 11) is 1.32. The average Bonchev–Trinajstić information content (AvgIpc) is 2.66. The number of methoxy groups -OCH3 is 1. The lowest BCUT2D eigenvalue weighted by Gasteiger charge is -2.19. The molecule has 0 aliphatic carbocycles. The van der Waals surface area contributed by atoms with E-state index in [1.807, 2.05) is 13.8 Å². The number of aliphatic hydroxyl groups is 1. The van der Waals surface area contributed by atoms with Crippen molar-refractivity contribution in [2.75, 3.05) is 7.11 Å². The number of ketones is 1. The van der Waals surface area contributed by atoms with Crippen LogP contribution in [0.5, 0.6) is 5.75 Å². The monoisotopic (exact) mass is 417 g/mol. The zero-order valence-electron chi connectivity index (χ0n) is 16.9. The fourth-order valence-corrected chi connectivity index (χ4v) is 3.17. The molecule has 7 heteroatoms. The molecular formula is C23H23F2O5-. The summed E-state index contributed by atoms with van der Waals surface area (Å²) in [6, 6.07) is 6.82. The molecule has 0 aromatic heterocycles. The summed E-state index contributed by atoms with van der Waals surface area (Å²) in [4.78, 5) is 22.1. The number of carbonyl (C=O) groups is 2. The number of carboxylic acid groups (broad SMARTS) is 1. The van der Waals surface area contributed by atoms with E-state index in [0.29, 0.717) is 22.3 Å². The van der Waals surface area contributed by atoms with E-state index in [2.05, 4.69) is 0 Å². The third-order valence-corrected chi connectivity index (χ3v) is 4.53. The van der Waals surface area contributed by atoms with Crippen molar-refractivity contribution in [1.82, 2.24) is 0 Å². The largest absolute Gasteiger partial charge is 0.550 e. The highest BCUT2D eigenvalue weighted by Crippen LogP contribution is 2.40. The summed E-state index contributed by atoms with van der Waals surface area (Å²) in [5, 5.41) is 20.6. The number of rotatable bonds is 9. The Labute approximate surface area is 173 Å². The highest BCUT2D eigenvalue weighted by Gasteiger charge is 2.21. The maximum Gasteiger partial charge on any atom is 0.166 e. The van der Waals surface area contributed by atoms with Crippen LogP contribution in [0.3, 0.4) is 0 Å². The molecule has 2 aromatic carbocycles. The van der Waals surface area contributed by atoms with Crippen LogP contribution in [0.25, 0.3) is 17.2 Å². The molecule has 0 bridgehead atoms. The Balaban J connectivity index is 2.56. The van der Waals surface area contributed by atoms with Crippen molar-refractivity contribution in [2.45, 2.75) is 38.7 Å². The van der Waals surface area contributed by atoms with Crippen LogP contribution in [0.15, 0.2) is 36.4 Å².